The van der Waals surface area contributed by atoms with Crippen molar-refractivity contribution in [2.24, 2.45) is 0 Å². The fraction of sp³-hybridized carbons (Fsp3) is 0.524. The van der Waals surface area contributed by atoms with Gasteiger partial charge < -0.3 is 9.84 Å². The van der Waals surface area contributed by atoms with Crippen molar-refractivity contribution < 1.29 is 29.0 Å². The summed E-state index contributed by atoms with van der Waals surface area (Å²) in [6.07, 6.45) is 2.08. The lowest BCUT2D eigenvalue weighted by Crippen LogP contribution is -2.62. The zero-order valence-electron chi connectivity index (χ0n) is 17.0. The SMILES string of the molecule is COC(=O)[C@@H]1CCCN2C(=O)CC[C@H](N[C@@H](CCc3ccccc3)C(=O)O)C(=O)N12. The van der Waals surface area contributed by atoms with Crippen LogP contribution in [0, 0.1) is 0 Å². The molecule has 2 fully saturated rings. The van der Waals surface area contributed by atoms with E-state index in [4.69, 9.17) is 4.74 Å². The van der Waals surface area contributed by atoms with Crippen LogP contribution in [0.4, 0.5) is 0 Å². The first kappa shape index (κ1) is 21.8. The van der Waals surface area contributed by atoms with Crippen molar-refractivity contribution in [3.05, 3.63) is 35.9 Å². The summed E-state index contributed by atoms with van der Waals surface area (Å²) >= 11 is 0. The maximum Gasteiger partial charge on any atom is 0.330 e. The zero-order chi connectivity index (χ0) is 21.7. The molecule has 2 saturated heterocycles. The Kier molecular flexibility index (Phi) is 7.04. The van der Waals surface area contributed by atoms with Crippen LogP contribution in [0.15, 0.2) is 30.3 Å². The van der Waals surface area contributed by atoms with Gasteiger partial charge in [-0.2, -0.15) is 0 Å². The van der Waals surface area contributed by atoms with E-state index in [1.54, 1.807) is 0 Å². The number of hydrogen-bond donors (Lipinski definition) is 2. The zero-order valence-corrected chi connectivity index (χ0v) is 17.0. The van der Waals surface area contributed by atoms with Gasteiger partial charge in [-0.3, -0.25) is 24.7 Å². The van der Waals surface area contributed by atoms with Gasteiger partial charge in [-0.1, -0.05) is 30.3 Å². The number of carbonyl (C=O) groups excluding carboxylic acids is 3. The van der Waals surface area contributed by atoms with Crippen LogP contribution < -0.4 is 5.32 Å². The molecule has 2 heterocycles. The fourth-order valence-corrected chi connectivity index (χ4v) is 4.02. The van der Waals surface area contributed by atoms with Gasteiger partial charge in [-0.05, 0) is 37.7 Å². The molecule has 9 heteroatoms. The lowest BCUT2D eigenvalue weighted by Gasteiger charge is -2.42. The largest absolute Gasteiger partial charge is 0.480 e. The van der Waals surface area contributed by atoms with Crippen molar-refractivity contribution in [2.75, 3.05) is 13.7 Å². The summed E-state index contributed by atoms with van der Waals surface area (Å²) < 4.78 is 4.82. The quantitative estimate of drug-likeness (QED) is 0.628. The van der Waals surface area contributed by atoms with Crippen LogP contribution in [0.3, 0.4) is 0 Å². The first-order valence-corrected chi connectivity index (χ1v) is 10.2. The summed E-state index contributed by atoms with van der Waals surface area (Å²) in [5.41, 5.74) is 1.00. The Labute approximate surface area is 174 Å². The highest BCUT2D eigenvalue weighted by Crippen LogP contribution is 2.25. The number of esters is 1. The standard InChI is InChI=1S/C21H27N3O6/c1-30-21(29)17-8-5-13-23-18(25)12-11-15(19(26)24(17)23)22-16(20(27)28)10-9-14-6-3-2-4-7-14/h2-4,6-7,15-17,22H,5,8-13H2,1H3,(H,27,28)/t15-,16-,17-/m0/s1. The minimum absolute atomic E-state index is 0.0961. The number of aliphatic carboxylic acids is 1. The Morgan fingerprint density at radius 2 is 1.97 bits per heavy atom. The highest BCUT2D eigenvalue weighted by molar-refractivity contribution is 5.92. The first-order chi connectivity index (χ1) is 14.4. The van der Waals surface area contributed by atoms with Crippen LogP contribution in [0.25, 0.3) is 0 Å². The molecule has 162 valence electrons. The monoisotopic (exact) mass is 417 g/mol. The van der Waals surface area contributed by atoms with E-state index in [2.05, 4.69) is 5.32 Å². The van der Waals surface area contributed by atoms with E-state index in [9.17, 15) is 24.3 Å². The molecular weight excluding hydrogens is 390 g/mol. The molecule has 9 nitrogen and oxygen atoms in total. The first-order valence-electron chi connectivity index (χ1n) is 10.2. The average molecular weight is 417 g/mol. The molecule has 2 N–H and O–H groups in total. The van der Waals surface area contributed by atoms with Gasteiger partial charge in [0.25, 0.3) is 5.91 Å². The second-order valence-electron chi connectivity index (χ2n) is 7.55. The second-order valence-corrected chi connectivity index (χ2v) is 7.55. The average Bonchev–Trinajstić information content (AvgIpc) is 2.88. The Bertz CT molecular complexity index is 799. The number of fused-ring (bicyclic) bond motifs is 1. The van der Waals surface area contributed by atoms with Gasteiger partial charge in [-0.15, -0.1) is 0 Å². The Morgan fingerprint density at radius 1 is 1.23 bits per heavy atom. The summed E-state index contributed by atoms with van der Waals surface area (Å²) in [4.78, 5) is 49.8. The maximum absolute atomic E-state index is 13.3. The lowest BCUT2D eigenvalue weighted by atomic mass is 10.0. The molecule has 0 spiro atoms. The minimum atomic E-state index is -1.06. The van der Waals surface area contributed by atoms with E-state index in [-0.39, 0.29) is 18.7 Å². The molecule has 0 unspecified atom stereocenters. The highest BCUT2D eigenvalue weighted by atomic mass is 16.5. The van der Waals surface area contributed by atoms with Gasteiger partial charge in [0.1, 0.15) is 6.04 Å². The van der Waals surface area contributed by atoms with Crippen molar-refractivity contribution in [3.8, 4) is 0 Å². The number of rotatable bonds is 7. The third-order valence-electron chi connectivity index (χ3n) is 5.60. The van der Waals surface area contributed by atoms with Gasteiger partial charge in [0.2, 0.25) is 5.91 Å². The van der Waals surface area contributed by atoms with E-state index >= 15 is 0 Å². The number of carbonyl (C=O) groups is 4. The number of carboxylic acids is 1. The number of carboxylic acid groups (broad SMARTS) is 1. The van der Waals surface area contributed by atoms with Crippen molar-refractivity contribution in [3.63, 3.8) is 0 Å². The smallest absolute Gasteiger partial charge is 0.330 e. The molecule has 0 saturated carbocycles. The normalized spacial score (nSPS) is 22.8. The number of amides is 2. The molecule has 0 aromatic heterocycles. The number of methoxy groups -OCH3 is 1. The third-order valence-corrected chi connectivity index (χ3v) is 5.60. The molecular formula is C21H27N3O6. The van der Waals surface area contributed by atoms with Crippen molar-refractivity contribution >= 4 is 23.8 Å². The Hall–Kier alpha value is -2.94. The molecule has 1 aromatic carbocycles. The minimum Gasteiger partial charge on any atom is -0.480 e. The van der Waals surface area contributed by atoms with Gasteiger partial charge in [0.05, 0.1) is 13.2 Å². The maximum atomic E-state index is 13.3. The summed E-state index contributed by atoms with van der Waals surface area (Å²) in [5, 5.41) is 15.1. The van der Waals surface area contributed by atoms with E-state index in [0.717, 1.165) is 5.56 Å². The van der Waals surface area contributed by atoms with Gasteiger partial charge in [-0.25, -0.2) is 9.80 Å². The number of hydrazine groups is 1. The molecule has 3 rings (SSSR count). The molecule has 30 heavy (non-hydrogen) atoms. The summed E-state index contributed by atoms with van der Waals surface area (Å²) in [6.45, 7) is 0.348. The summed E-state index contributed by atoms with van der Waals surface area (Å²) in [7, 11) is 1.24. The van der Waals surface area contributed by atoms with E-state index in [0.29, 0.717) is 32.2 Å². The molecule has 0 aliphatic carbocycles. The Balaban J connectivity index is 1.76. The van der Waals surface area contributed by atoms with Crippen molar-refractivity contribution in [1.29, 1.82) is 0 Å². The molecule has 2 amide bonds. The highest BCUT2D eigenvalue weighted by Gasteiger charge is 2.45. The number of hydrogen-bond acceptors (Lipinski definition) is 6. The lowest BCUT2D eigenvalue weighted by molar-refractivity contribution is -0.182. The van der Waals surface area contributed by atoms with Gasteiger partial charge in [0.15, 0.2) is 6.04 Å². The van der Waals surface area contributed by atoms with Gasteiger partial charge in [0, 0.05) is 13.0 Å². The number of benzene rings is 1. The van der Waals surface area contributed by atoms with Crippen LogP contribution in [-0.2, 0) is 30.3 Å². The number of aryl methyl sites for hydroxylation is 1. The van der Waals surface area contributed by atoms with Gasteiger partial charge >= 0.3 is 11.9 Å². The van der Waals surface area contributed by atoms with Crippen LogP contribution in [0.2, 0.25) is 0 Å². The molecule has 0 radical (unpaired) electrons. The molecule has 2 aliphatic heterocycles. The van der Waals surface area contributed by atoms with Crippen LogP contribution >= 0.6 is 0 Å². The van der Waals surface area contributed by atoms with Crippen LogP contribution in [-0.4, -0.2) is 70.7 Å². The van der Waals surface area contributed by atoms with Crippen LogP contribution in [0.5, 0.6) is 0 Å². The molecule has 1 aromatic rings. The van der Waals surface area contributed by atoms with E-state index in [1.807, 2.05) is 30.3 Å². The van der Waals surface area contributed by atoms with E-state index < -0.39 is 36.0 Å². The molecule has 3 atom stereocenters. The predicted octanol–water partition coefficient (Wildman–Crippen LogP) is 0.732. The molecule has 0 bridgehead atoms. The van der Waals surface area contributed by atoms with E-state index in [1.165, 1.54) is 17.1 Å². The Morgan fingerprint density at radius 3 is 2.63 bits per heavy atom. The predicted molar refractivity (Wildman–Crippen MR) is 106 cm³/mol. The number of nitrogens with zero attached hydrogens (tertiary/aromatic N) is 2. The van der Waals surface area contributed by atoms with Crippen molar-refractivity contribution in [1.82, 2.24) is 15.3 Å². The summed E-state index contributed by atoms with van der Waals surface area (Å²) in [6, 6.07) is 6.79. The number of ether oxygens (including phenoxy) is 1. The topological polar surface area (TPSA) is 116 Å². The van der Waals surface area contributed by atoms with Crippen LogP contribution in [0.1, 0.15) is 37.7 Å². The fourth-order valence-electron chi connectivity index (χ4n) is 4.02. The second kappa shape index (κ2) is 9.71. The molecule has 2 aliphatic rings. The van der Waals surface area contributed by atoms with Crippen molar-refractivity contribution in [2.45, 2.75) is 56.7 Å². The number of nitrogens with one attached hydrogen (secondary N) is 1. The summed E-state index contributed by atoms with van der Waals surface area (Å²) in [5.74, 6) is -2.37. The third kappa shape index (κ3) is 4.79.